The molecule has 1 amide bonds. The van der Waals surface area contributed by atoms with E-state index in [0.29, 0.717) is 10.6 Å². The predicted molar refractivity (Wildman–Crippen MR) is 67.1 cm³/mol. The normalized spacial score (nSPS) is 19.1. The van der Waals surface area contributed by atoms with Gasteiger partial charge in [-0.05, 0) is 30.5 Å². The molecule has 1 aliphatic carbocycles. The summed E-state index contributed by atoms with van der Waals surface area (Å²) in [5.74, 6) is -0.393. The van der Waals surface area contributed by atoms with Crippen LogP contribution in [0.1, 0.15) is 28.8 Å². The molecule has 0 unspecified atom stereocenters. The van der Waals surface area contributed by atoms with Crippen molar-refractivity contribution in [1.82, 2.24) is 0 Å². The zero-order valence-electron chi connectivity index (χ0n) is 10.1. The molecule has 5 heteroatoms. The van der Waals surface area contributed by atoms with Crippen LogP contribution >= 0.6 is 11.6 Å². The number of ether oxygens (including phenoxy) is 1. The minimum atomic E-state index is -0.486. The quantitative estimate of drug-likeness (QED) is 0.731. The molecule has 1 heterocycles. The number of fused-ring (bicyclic) bond motifs is 2. The molecule has 4 nitrogen and oxygen atoms in total. The lowest BCUT2D eigenvalue weighted by atomic mass is 9.96. The number of hydrogen-bond donors (Lipinski definition) is 0. The molecule has 1 aromatic carbocycles. The summed E-state index contributed by atoms with van der Waals surface area (Å²) in [6.45, 7) is 0. The Bertz CT molecular complexity index is 578. The number of anilines is 1. The van der Waals surface area contributed by atoms with Crippen LogP contribution in [0.25, 0.3) is 0 Å². The van der Waals surface area contributed by atoms with Gasteiger partial charge in [-0.2, -0.15) is 0 Å². The van der Waals surface area contributed by atoms with E-state index in [1.54, 1.807) is 24.1 Å². The summed E-state index contributed by atoms with van der Waals surface area (Å²) in [4.78, 5) is 25.4. The minimum Gasteiger partial charge on any atom is -0.465 e. The standard InChI is InChI=1S/C13H12ClNO3/c1-15-10-5-7(11(16)18-2)9(14)6-8(10)13(3-4-13)12(15)17/h5-6H,3-4H2,1-2H3. The summed E-state index contributed by atoms with van der Waals surface area (Å²) in [6, 6.07) is 3.38. The lowest BCUT2D eigenvalue weighted by molar-refractivity contribution is -0.119. The lowest BCUT2D eigenvalue weighted by Gasteiger charge is -2.11. The Morgan fingerprint density at radius 3 is 2.67 bits per heavy atom. The number of benzene rings is 1. The Balaban J connectivity index is 2.19. The Morgan fingerprint density at radius 1 is 1.44 bits per heavy atom. The summed E-state index contributed by atoms with van der Waals surface area (Å²) < 4.78 is 4.68. The summed E-state index contributed by atoms with van der Waals surface area (Å²) >= 11 is 6.10. The van der Waals surface area contributed by atoms with Crippen LogP contribution in [0, 0.1) is 0 Å². The number of esters is 1. The fourth-order valence-electron chi connectivity index (χ4n) is 2.64. The van der Waals surface area contributed by atoms with E-state index in [-0.39, 0.29) is 11.3 Å². The number of nitrogens with zero attached hydrogens (tertiary/aromatic N) is 1. The highest BCUT2D eigenvalue weighted by atomic mass is 35.5. The van der Waals surface area contributed by atoms with Crippen molar-refractivity contribution in [3.63, 3.8) is 0 Å². The molecule has 0 radical (unpaired) electrons. The van der Waals surface area contributed by atoms with E-state index in [1.165, 1.54) is 7.11 Å². The second kappa shape index (κ2) is 3.48. The molecule has 0 saturated heterocycles. The highest BCUT2D eigenvalue weighted by Gasteiger charge is 2.58. The third kappa shape index (κ3) is 1.27. The topological polar surface area (TPSA) is 46.6 Å². The first-order valence-electron chi connectivity index (χ1n) is 5.72. The summed E-state index contributed by atoms with van der Waals surface area (Å²) in [5, 5.41) is 0.343. The van der Waals surface area contributed by atoms with Gasteiger partial charge in [0.25, 0.3) is 0 Å². The average molecular weight is 266 g/mol. The fourth-order valence-corrected chi connectivity index (χ4v) is 2.88. The highest BCUT2D eigenvalue weighted by molar-refractivity contribution is 6.34. The Hall–Kier alpha value is -1.55. The van der Waals surface area contributed by atoms with Gasteiger partial charge in [-0.3, -0.25) is 4.79 Å². The third-order valence-corrected chi connectivity index (χ3v) is 4.14. The van der Waals surface area contributed by atoms with Crippen LogP contribution < -0.4 is 4.90 Å². The number of carbonyl (C=O) groups is 2. The van der Waals surface area contributed by atoms with Crippen LogP contribution in [0.3, 0.4) is 0 Å². The second-order valence-electron chi connectivity index (χ2n) is 4.79. The van der Waals surface area contributed by atoms with Crippen LogP contribution in [-0.4, -0.2) is 26.0 Å². The number of methoxy groups -OCH3 is 1. The second-order valence-corrected chi connectivity index (χ2v) is 5.19. The molecule has 1 aliphatic heterocycles. The molecule has 18 heavy (non-hydrogen) atoms. The Labute approximate surface area is 109 Å². The molecule has 1 fully saturated rings. The molecular formula is C13H12ClNO3. The summed E-state index contributed by atoms with van der Waals surface area (Å²) in [6.07, 6.45) is 1.72. The number of amides is 1. The zero-order valence-corrected chi connectivity index (χ0v) is 10.9. The van der Waals surface area contributed by atoms with Crippen molar-refractivity contribution in [2.75, 3.05) is 19.1 Å². The van der Waals surface area contributed by atoms with Crippen molar-refractivity contribution >= 4 is 29.2 Å². The molecule has 94 valence electrons. The number of carbonyl (C=O) groups excluding carboxylic acids is 2. The number of likely N-dealkylation sites (N-methyl/N-ethyl adjacent to an activating group) is 1. The van der Waals surface area contributed by atoms with Crippen molar-refractivity contribution in [2.45, 2.75) is 18.3 Å². The van der Waals surface area contributed by atoms with Gasteiger partial charge in [-0.15, -0.1) is 0 Å². The van der Waals surface area contributed by atoms with E-state index in [4.69, 9.17) is 11.6 Å². The molecule has 1 saturated carbocycles. The van der Waals surface area contributed by atoms with Gasteiger partial charge in [-0.1, -0.05) is 11.6 Å². The predicted octanol–water partition coefficient (Wildman–Crippen LogP) is 2.13. The molecular weight excluding hydrogens is 254 g/mol. The number of halogens is 1. The van der Waals surface area contributed by atoms with Gasteiger partial charge in [0.05, 0.1) is 23.1 Å². The average Bonchev–Trinajstić information content (AvgIpc) is 3.14. The van der Waals surface area contributed by atoms with E-state index in [2.05, 4.69) is 4.74 Å². The zero-order chi connectivity index (χ0) is 13.1. The fraction of sp³-hybridized carbons (Fsp3) is 0.385. The van der Waals surface area contributed by atoms with Crippen LogP contribution in [0.2, 0.25) is 5.02 Å². The van der Waals surface area contributed by atoms with Gasteiger partial charge in [0.1, 0.15) is 0 Å². The SMILES string of the molecule is COC(=O)c1cc2c(cc1Cl)C1(CC1)C(=O)N2C. The summed E-state index contributed by atoms with van der Waals surface area (Å²) in [7, 11) is 3.03. The monoisotopic (exact) mass is 265 g/mol. The lowest BCUT2D eigenvalue weighted by Crippen LogP contribution is -2.27. The van der Waals surface area contributed by atoms with E-state index in [1.807, 2.05) is 0 Å². The first kappa shape index (κ1) is 11.5. The smallest absolute Gasteiger partial charge is 0.339 e. The molecule has 1 spiro atoms. The van der Waals surface area contributed by atoms with Crippen molar-refractivity contribution in [1.29, 1.82) is 0 Å². The number of rotatable bonds is 1. The Kier molecular flexibility index (Phi) is 2.23. The molecule has 0 N–H and O–H groups in total. The van der Waals surface area contributed by atoms with E-state index in [0.717, 1.165) is 24.1 Å². The maximum Gasteiger partial charge on any atom is 0.339 e. The first-order valence-corrected chi connectivity index (χ1v) is 6.09. The third-order valence-electron chi connectivity index (χ3n) is 3.83. The van der Waals surface area contributed by atoms with Crippen LogP contribution in [0.4, 0.5) is 5.69 Å². The van der Waals surface area contributed by atoms with Gasteiger partial charge < -0.3 is 9.64 Å². The van der Waals surface area contributed by atoms with Gasteiger partial charge >= 0.3 is 5.97 Å². The molecule has 1 aromatic rings. The molecule has 2 aliphatic rings. The van der Waals surface area contributed by atoms with Gasteiger partial charge in [-0.25, -0.2) is 4.79 Å². The van der Waals surface area contributed by atoms with E-state index >= 15 is 0 Å². The molecule has 3 rings (SSSR count). The summed E-state index contributed by atoms with van der Waals surface area (Å²) in [5.41, 5.74) is 1.63. The van der Waals surface area contributed by atoms with Crippen molar-refractivity contribution in [3.8, 4) is 0 Å². The highest BCUT2D eigenvalue weighted by Crippen LogP contribution is 2.57. The molecule has 0 bridgehead atoms. The first-order chi connectivity index (χ1) is 8.51. The van der Waals surface area contributed by atoms with Crippen LogP contribution in [-0.2, 0) is 14.9 Å². The molecule has 0 atom stereocenters. The number of hydrogen-bond acceptors (Lipinski definition) is 3. The Morgan fingerprint density at radius 2 is 2.11 bits per heavy atom. The van der Waals surface area contributed by atoms with E-state index in [9.17, 15) is 9.59 Å². The van der Waals surface area contributed by atoms with E-state index < -0.39 is 5.97 Å². The largest absolute Gasteiger partial charge is 0.465 e. The van der Waals surface area contributed by atoms with Gasteiger partial charge in [0.2, 0.25) is 5.91 Å². The van der Waals surface area contributed by atoms with Gasteiger partial charge in [0, 0.05) is 12.7 Å². The van der Waals surface area contributed by atoms with Gasteiger partial charge in [0.15, 0.2) is 0 Å². The van der Waals surface area contributed by atoms with Crippen molar-refractivity contribution in [3.05, 3.63) is 28.3 Å². The maximum atomic E-state index is 12.2. The van der Waals surface area contributed by atoms with Crippen molar-refractivity contribution < 1.29 is 14.3 Å². The molecule has 0 aromatic heterocycles. The minimum absolute atomic E-state index is 0.0931. The van der Waals surface area contributed by atoms with Crippen LogP contribution in [0.5, 0.6) is 0 Å². The van der Waals surface area contributed by atoms with Crippen LogP contribution in [0.15, 0.2) is 12.1 Å². The van der Waals surface area contributed by atoms with Crippen molar-refractivity contribution in [2.24, 2.45) is 0 Å². The maximum absolute atomic E-state index is 12.2.